The van der Waals surface area contributed by atoms with Crippen LogP contribution in [-0.2, 0) is 6.54 Å². The lowest BCUT2D eigenvalue weighted by molar-refractivity contribution is -0.384. The molecule has 0 saturated heterocycles. The molecule has 2 rings (SSSR count). The monoisotopic (exact) mass is 290 g/mol. The van der Waals surface area contributed by atoms with Gasteiger partial charge >= 0.3 is 0 Å². The maximum atomic E-state index is 10.9. The third-order valence-electron chi connectivity index (χ3n) is 3.44. The van der Waals surface area contributed by atoms with Crippen molar-refractivity contribution in [2.45, 2.75) is 51.8 Å². The Morgan fingerprint density at radius 2 is 2.29 bits per heavy atom. The molecule has 5 heteroatoms. The molecule has 0 amide bonds. The second-order valence-corrected chi connectivity index (χ2v) is 5.60. The predicted octanol–water partition coefficient (Wildman–Crippen LogP) is 3.58. The van der Waals surface area contributed by atoms with Gasteiger partial charge in [0.2, 0.25) is 0 Å². The maximum Gasteiger partial charge on any atom is 0.270 e. The highest BCUT2D eigenvalue weighted by molar-refractivity contribution is 5.44. The zero-order valence-corrected chi connectivity index (χ0v) is 12.5. The van der Waals surface area contributed by atoms with E-state index >= 15 is 0 Å². The summed E-state index contributed by atoms with van der Waals surface area (Å²) in [6.07, 6.45) is 7.48. The van der Waals surface area contributed by atoms with Gasteiger partial charge in [0.15, 0.2) is 0 Å². The average Bonchev–Trinajstić information content (AvgIpc) is 2.47. The molecule has 0 aromatic heterocycles. The number of nitrogens with zero attached hydrogens (tertiary/aromatic N) is 1. The summed E-state index contributed by atoms with van der Waals surface area (Å²) in [4.78, 5) is 10.6. The quantitative estimate of drug-likeness (QED) is 0.494. The van der Waals surface area contributed by atoms with E-state index in [1.165, 1.54) is 6.07 Å². The van der Waals surface area contributed by atoms with Gasteiger partial charge in [-0.3, -0.25) is 10.1 Å². The Balaban J connectivity index is 2.18. The maximum absolute atomic E-state index is 10.9. The molecule has 1 unspecified atom stereocenters. The van der Waals surface area contributed by atoms with Crippen molar-refractivity contribution in [3.63, 3.8) is 0 Å². The molecule has 0 heterocycles. The van der Waals surface area contributed by atoms with Crippen molar-refractivity contribution < 1.29 is 9.66 Å². The van der Waals surface area contributed by atoms with Gasteiger partial charge in [0.1, 0.15) is 11.9 Å². The van der Waals surface area contributed by atoms with E-state index in [2.05, 4.69) is 17.5 Å². The Hall–Kier alpha value is -1.88. The fourth-order valence-electron chi connectivity index (χ4n) is 2.29. The van der Waals surface area contributed by atoms with Crippen LogP contribution in [0, 0.1) is 10.1 Å². The number of benzene rings is 1. The van der Waals surface area contributed by atoms with Gasteiger partial charge in [0.05, 0.1) is 4.92 Å². The lowest BCUT2D eigenvalue weighted by Crippen LogP contribution is -2.23. The molecule has 1 aliphatic carbocycles. The van der Waals surface area contributed by atoms with E-state index in [-0.39, 0.29) is 16.7 Å². The Labute approximate surface area is 125 Å². The van der Waals surface area contributed by atoms with E-state index in [1.54, 1.807) is 12.1 Å². The molecular formula is C16H22N2O3. The summed E-state index contributed by atoms with van der Waals surface area (Å²) in [6, 6.07) is 5.11. The van der Waals surface area contributed by atoms with Crippen molar-refractivity contribution in [1.29, 1.82) is 0 Å². The predicted molar refractivity (Wildman–Crippen MR) is 82.5 cm³/mol. The van der Waals surface area contributed by atoms with Crippen molar-refractivity contribution in [3.05, 3.63) is 46.0 Å². The molecule has 0 aliphatic heterocycles. The van der Waals surface area contributed by atoms with Gasteiger partial charge in [-0.2, -0.15) is 0 Å². The lowest BCUT2D eigenvalue weighted by Gasteiger charge is -2.21. The molecule has 5 nitrogen and oxygen atoms in total. The van der Waals surface area contributed by atoms with Gasteiger partial charge < -0.3 is 10.1 Å². The van der Waals surface area contributed by atoms with E-state index in [9.17, 15) is 10.1 Å². The van der Waals surface area contributed by atoms with Crippen molar-refractivity contribution in [3.8, 4) is 5.75 Å². The number of hydrogen-bond acceptors (Lipinski definition) is 4. The first kappa shape index (κ1) is 15.5. The molecule has 1 aliphatic rings. The number of allylic oxidation sites excluding steroid dienone is 1. The van der Waals surface area contributed by atoms with Crippen LogP contribution >= 0.6 is 0 Å². The van der Waals surface area contributed by atoms with Crippen molar-refractivity contribution in [1.82, 2.24) is 5.32 Å². The zero-order chi connectivity index (χ0) is 15.2. The summed E-state index contributed by atoms with van der Waals surface area (Å²) in [6.45, 7) is 4.65. The lowest BCUT2D eigenvalue weighted by atomic mass is 10.1. The first-order valence-electron chi connectivity index (χ1n) is 7.40. The largest absolute Gasteiger partial charge is 0.486 e. The van der Waals surface area contributed by atoms with Crippen LogP contribution < -0.4 is 10.1 Å². The highest BCUT2D eigenvalue weighted by atomic mass is 16.6. The molecule has 21 heavy (non-hydrogen) atoms. The van der Waals surface area contributed by atoms with Gasteiger partial charge in [-0.05, 0) is 31.4 Å². The van der Waals surface area contributed by atoms with Gasteiger partial charge in [-0.25, -0.2) is 0 Å². The van der Waals surface area contributed by atoms with Crippen LogP contribution in [0.25, 0.3) is 0 Å². The molecule has 0 spiro atoms. The van der Waals surface area contributed by atoms with Crippen molar-refractivity contribution in [2.75, 3.05) is 0 Å². The van der Waals surface area contributed by atoms with E-state index < -0.39 is 0 Å². The molecule has 0 bridgehead atoms. The fourth-order valence-corrected chi connectivity index (χ4v) is 2.29. The third-order valence-corrected chi connectivity index (χ3v) is 3.44. The molecule has 1 N–H and O–H groups in total. The van der Waals surface area contributed by atoms with Gasteiger partial charge in [0.25, 0.3) is 5.69 Å². The topological polar surface area (TPSA) is 64.4 Å². The van der Waals surface area contributed by atoms with Crippen LogP contribution in [-0.4, -0.2) is 17.1 Å². The minimum Gasteiger partial charge on any atom is -0.486 e. The number of rotatable bonds is 6. The van der Waals surface area contributed by atoms with Gasteiger partial charge in [-0.15, -0.1) is 0 Å². The van der Waals surface area contributed by atoms with E-state index in [1.807, 2.05) is 13.8 Å². The molecule has 0 fully saturated rings. The number of nitro benzene ring substituents is 1. The van der Waals surface area contributed by atoms with Crippen molar-refractivity contribution in [2.24, 2.45) is 0 Å². The number of nitro groups is 1. The van der Waals surface area contributed by atoms with Crippen LogP contribution in [0.4, 0.5) is 5.69 Å². The minimum absolute atomic E-state index is 0.0676. The molecular weight excluding hydrogens is 268 g/mol. The summed E-state index contributed by atoms with van der Waals surface area (Å²) in [7, 11) is 0. The molecule has 0 radical (unpaired) electrons. The molecule has 114 valence electrons. The van der Waals surface area contributed by atoms with Crippen LogP contribution in [0.1, 0.15) is 38.7 Å². The summed E-state index contributed by atoms with van der Waals surface area (Å²) in [5.74, 6) is 0.727. The molecule has 0 saturated carbocycles. The minimum atomic E-state index is -0.372. The average molecular weight is 290 g/mol. The Kier molecular flexibility index (Phi) is 5.33. The van der Waals surface area contributed by atoms with Crippen LogP contribution in [0.2, 0.25) is 0 Å². The Morgan fingerprint density at radius 1 is 1.48 bits per heavy atom. The Morgan fingerprint density at radius 3 is 2.90 bits per heavy atom. The van der Waals surface area contributed by atoms with Crippen molar-refractivity contribution >= 4 is 5.69 Å². The summed E-state index contributed by atoms with van der Waals surface area (Å²) >= 11 is 0. The standard InChI is InChI=1S/C16H22N2O3/c1-12(2)17-11-13-10-14(18(19)20)8-9-16(13)21-15-6-4-3-5-7-15/h4,6,8-10,12,15,17H,3,5,7,11H2,1-2H3. The smallest absolute Gasteiger partial charge is 0.270 e. The van der Waals surface area contributed by atoms with Crippen LogP contribution in [0.15, 0.2) is 30.4 Å². The summed E-state index contributed by atoms with van der Waals surface area (Å²) in [5, 5.41) is 14.2. The highest BCUT2D eigenvalue weighted by Crippen LogP contribution is 2.27. The normalized spacial score (nSPS) is 18.0. The fraction of sp³-hybridized carbons (Fsp3) is 0.500. The third kappa shape index (κ3) is 4.56. The number of non-ortho nitro benzene ring substituents is 1. The first-order valence-corrected chi connectivity index (χ1v) is 7.40. The molecule has 1 aromatic rings. The van der Waals surface area contributed by atoms with E-state index in [0.29, 0.717) is 12.6 Å². The van der Waals surface area contributed by atoms with Crippen LogP contribution in [0.5, 0.6) is 5.75 Å². The summed E-state index contributed by atoms with van der Waals surface area (Å²) in [5.41, 5.74) is 0.930. The van der Waals surface area contributed by atoms with E-state index in [0.717, 1.165) is 30.6 Å². The Bertz CT molecular complexity index is 526. The number of ether oxygens (including phenoxy) is 1. The number of hydrogen-bond donors (Lipinski definition) is 1. The second-order valence-electron chi connectivity index (χ2n) is 5.60. The zero-order valence-electron chi connectivity index (χ0n) is 12.5. The summed E-state index contributed by atoms with van der Waals surface area (Å²) < 4.78 is 6.00. The molecule has 1 atom stereocenters. The van der Waals surface area contributed by atoms with Gasteiger partial charge in [0, 0.05) is 30.3 Å². The van der Waals surface area contributed by atoms with Crippen LogP contribution in [0.3, 0.4) is 0 Å². The second kappa shape index (κ2) is 7.22. The first-order chi connectivity index (χ1) is 10.1. The van der Waals surface area contributed by atoms with Gasteiger partial charge in [-0.1, -0.05) is 19.9 Å². The molecule has 1 aromatic carbocycles. The van der Waals surface area contributed by atoms with E-state index in [4.69, 9.17) is 4.74 Å². The highest BCUT2D eigenvalue weighted by Gasteiger charge is 2.16. The number of nitrogens with one attached hydrogen (secondary N) is 1. The SMILES string of the molecule is CC(C)NCc1cc([N+](=O)[O-])ccc1OC1C=CCCC1.